The Kier molecular flexibility index (Phi) is 25.6. The zero-order valence-electron chi connectivity index (χ0n) is 28.8. The summed E-state index contributed by atoms with van der Waals surface area (Å²) in [7, 11) is 1.61. The monoisotopic (exact) mass is 694 g/mol. The zero-order chi connectivity index (χ0) is 36.9. The lowest BCUT2D eigenvalue weighted by Gasteiger charge is -2.19. The molecule has 0 spiro atoms. The Bertz CT molecular complexity index is 1320. The number of nitriles is 1. The topological polar surface area (TPSA) is 186 Å². The summed E-state index contributed by atoms with van der Waals surface area (Å²) in [4.78, 5) is 69.2. The predicted molar refractivity (Wildman–Crippen MR) is 195 cm³/mol. The molecule has 1 aromatic carbocycles. The second-order valence-corrected chi connectivity index (χ2v) is 12.1. The van der Waals surface area contributed by atoms with Gasteiger partial charge in [-0.1, -0.05) is 88.1 Å². The first-order valence-electron chi connectivity index (χ1n) is 16.0. The number of hydrogen-bond acceptors (Lipinski definition) is 8. The molecule has 0 bridgehead atoms. The molecule has 0 saturated heterocycles. The first-order valence-corrected chi connectivity index (χ1v) is 17.3. The number of aldehydes is 2. The van der Waals surface area contributed by atoms with Gasteiger partial charge in [-0.25, -0.2) is 0 Å². The van der Waals surface area contributed by atoms with E-state index in [1.54, 1.807) is 13.1 Å². The molecule has 266 valence electrons. The summed E-state index contributed by atoms with van der Waals surface area (Å²) in [6.07, 6.45) is 15.6. The fourth-order valence-electron chi connectivity index (χ4n) is 4.16. The second-order valence-electron chi connectivity index (χ2n) is 11.1. The highest BCUT2D eigenvalue weighted by Crippen LogP contribution is 2.22. The second kappa shape index (κ2) is 28.3. The van der Waals surface area contributed by atoms with Gasteiger partial charge in [0, 0.05) is 18.7 Å². The number of nitrogens with one attached hydrogen (secondary N) is 5. The van der Waals surface area contributed by atoms with Crippen LogP contribution in [-0.4, -0.2) is 74.6 Å². The van der Waals surface area contributed by atoms with E-state index >= 15 is 0 Å². The average molecular weight is 695 g/mol. The fraction of sp³-hybridized carbons (Fsp3) is 0.417. The lowest BCUT2D eigenvalue weighted by Crippen LogP contribution is -2.50. The van der Waals surface area contributed by atoms with Crippen LogP contribution in [0.4, 0.5) is 0 Å². The van der Waals surface area contributed by atoms with Crippen LogP contribution in [0.3, 0.4) is 0 Å². The van der Waals surface area contributed by atoms with E-state index < -0.39 is 36.2 Å². The molecule has 0 aromatic heterocycles. The van der Waals surface area contributed by atoms with Gasteiger partial charge < -0.3 is 31.1 Å². The van der Waals surface area contributed by atoms with Crippen molar-refractivity contribution in [1.82, 2.24) is 26.4 Å². The van der Waals surface area contributed by atoms with Crippen molar-refractivity contribution in [2.24, 2.45) is 5.92 Å². The van der Waals surface area contributed by atoms with Crippen molar-refractivity contribution in [3.63, 3.8) is 0 Å². The van der Waals surface area contributed by atoms with E-state index in [1.807, 2.05) is 31.2 Å². The van der Waals surface area contributed by atoms with Crippen molar-refractivity contribution >= 4 is 44.9 Å². The number of benzene rings is 1. The third kappa shape index (κ3) is 23.3. The Morgan fingerprint density at radius 3 is 2.18 bits per heavy atom. The third-order valence-electron chi connectivity index (χ3n) is 7.02. The SMILES string of the molecule is C=C/C=C(\C=C)C[C@H](NC(=O)CNC(=O)/C=C\C=O)C(=O)NCC(=O)NPC[C@@H](C=O)NC.CC1CCCCC1.Cc1ccc(C#N)cc1. The van der Waals surface area contributed by atoms with Gasteiger partial charge >= 0.3 is 0 Å². The molecule has 2 rings (SSSR count). The zero-order valence-corrected chi connectivity index (χ0v) is 29.8. The Morgan fingerprint density at radius 1 is 1.02 bits per heavy atom. The van der Waals surface area contributed by atoms with E-state index in [4.69, 9.17) is 5.26 Å². The molecule has 0 heterocycles. The summed E-state index contributed by atoms with van der Waals surface area (Å²) >= 11 is 0. The summed E-state index contributed by atoms with van der Waals surface area (Å²) in [5.41, 5.74) is 2.52. The van der Waals surface area contributed by atoms with Crippen LogP contribution in [0.25, 0.3) is 0 Å². The maximum atomic E-state index is 12.6. The van der Waals surface area contributed by atoms with Gasteiger partial charge in [-0.2, -0.15) is 5.26 Å². The molecule has 0 radical (unpaired) electrons. The third-order valence-corrected chi connectivity index (χ3v) is 8.12. The van der Waals surface area contributed by atoms with Crippen LogP contribution >= 0.6 is 8.73 Å². The van der Waals surface area contributed by atoms with Crippen molar-refractivity contribution in [2.75, 3.05) is 26.3 Å². The van der Waals surface area contributed by atoms with Gasteiger partial charge in [-0.15, -0.1) is 0 Å². The fourth-order valence-corrected chi connectivity index (χ4v) is 5.07. The molecule has 49 heavy (non-hydrogen) atoms. The Morgan fingerprint density at radius 2 is 1.67 bits per heavy atom. The predicted octanol–water partition coefficient (Wildman–Crippen LogP) is 3.10. The molecule has 1 aromatic rings. The molecule has 12 nitrogen and oxygen atoms in total. The van der Waals surface area contributed by atoms with Gasteiger partial charge in [0.25, 0.3) is 0 Å². The van der Waals surface area contributed by atoms with Gasteiger partial charge in [0.1, 0.15) is 18.6 Å². The number of nitrogens with zero attached hydrogens (tertiary/aromatic N) is 1. The highest BCUT2D eigenvalue weighted by Gasteiger charge is 2.22. The number of amides is 4. The van der Waals surface area contributed by atoms with Gasteiger partial charge in [0.2, 0.25) is 23.6 Å². The Hall–Kier alpha value is -4.72. The van der Waals surface area contributed by atoms with E-state index in [2.05, 4.69) is 52.5 Å². The van der Waals surface area contributed by atoms with Crippen LogP contribution in [0.2, 0.25) is 0 Å². The molecule has 1 fully saturated rings. The molecule has 3 atom stereocenters. The molecule has 5 N–H and O–H groups in total. The van der Waals surface area contributed by atoms with Crippen LogP contribution in [-0.2, 0) is 28.8 Å². The maximum Gasteiger partial charge on any atom is 0.244 e. The van der Waals surface area contributed by atoms with Crippen molar-refractivity contribution in [3.05, 3.63) is 84.5 Å². The summed E-state index contributed by atoms with van der Waals surface area (Å²) in [6, 6.07) is 8.12. The van der Waals surface area contributed by atoms with Gasteiger partial charge in [-0.3, -0.25) is 24.0 Å². The summed E-state index contributed by atoms with van der Waals surface area (Å²) in [6.45, 7) is 10.8. The number of carbonyl (C=O) groups is 6. The summed E-state index contributed by atoms with van der Waals surface area (Å²) in [5, 5.41) is 21.0. The number of aryl methyl sites for hydroxylation is 1. The minimum atomic E-state index is -1.05. The number of likely N-dealkylation sites (N-methyl/N-ethyl adjacent to an activating group) is 1. The number of carbonyl (C=O) groups excluding carboxylic acids is 6. The average Bonchev–Trinajstić information content (AvgIpc) is 3.11. The molecule has 13 heteroatoms. The van der Waals surface area contributed by atoms with E-state index in [9.17, 15) is 28.8 Å². The summed E-state index contributed by atoms with van der Waals surface area (Å²) in [5.74, 6) is -1.33. The van der Waals surface area contributed by atoms with Gasteiger partial charge in [0.05, 0.1) is 30.8 Å². The van der Waals surface area contributed by atoms with E-state index in [1.165, 1.54) is 49.8 Å². The van der Waals surface area contributed by atoms with Crippen LogP contribution in [0.15, 0.2) is 73.4 Å². The molecule has 1 aliphatic rings. The quantitative estimate of drug-likeness (QED) is 0.0713. The smallest absolute Gasteiger partial charge is 0.244 e. The molecule has 4 amide bonds. The van der Waals surface area contributed by atoms with Crippen LogP contribution in [0, 0.1) is 24.2 Å². The molecular formula is C36H51N6O6P. The molecule has 1 saturated carbocycles. The molecule has 1 unspecified atom stereocenters. The molecule has 0 aliphatic heterocycles. The highest BCUT2D eigenvalue weighted by atomic mass is 31.1. The van der Waals surface area contributed by atoms with Crippen LogP contribution in [0.1, 0.15) is 56.6 Å². The highest BCUT2D eigenvalue weighted by molar-refractivity contribution is 7.36. The number of allylic oxidation sites excluding steroid dienone is 4. The number of hydrogen-bond donors (Lipinski definition) is 5. The van der Waals surface area contributed by atoms with Gasteiger partial charge in [0.15, 0.2) is 0 Å². The first-order chi connectivity index (χ1) is 23.5. The Labute approximate surface area is 292 Å². The number of rotatable bonds is 17. The maximum absolute atomic E-state index is 12.6. The molecular weight excluding hydrogens is 643 g/mol. The van der Waals surface area contributed by atoms with E-state index in [0.29, 0.717) is 18.0 Å². The lowest BCUT2D eigenvalue weighted by atomic mass is 9.91. The van der Waals surface area contributed by atoms with Crippen molar-refractivity contribution in [3.8, 4) is 6.07 Å². The molecule has 1 aliphatic carbocycles. The van der Waals surface area contributed by atoms with Crippen LogP contribution < -0.4 is 26.4 Å². The van der Waals surface area contributed by atoms with Crippen molar-refractivity contribution in [2.45, 2.75) is 64.5 Å². The van der Waals surface area contributed by atoms with E-state index in [0.717, 1.165) is 29.9 Å². The minimum Gasteiger partial charge on any atom is -0.345 e. The minimum absolute atomic E-state index is 0.0217. The largest absolute Gasteiger partial charge is 0.345 e. The lowest BCUT2D eigenvalue weighted by molar-refractivity contribution is -0.130. The van der Waals surface area contributed by atoms with Crippen molar-refractivity contribution in [1.29, 1.82) is 5.26 Å². The first kappa shape index (κ1) is 44.3. The Balaban J connectivity index is 0.00000115. The standard InChI is InChI=1S/C21H30N5O6P.C8H7N.C7H14/c1-4-7-15(5-2)10-17(25-19(30)11-23-18(29)8-6-9-27)21(32)24-12-20(31)26-33-14-16(13-28)22-3;1-7-2-4-8(6-9)5-3-7;1-7-5-3-2-4-6-7/h4-9,13,16-17,22,33H,1-2,10-12,14H2,3H3,(H,23,29)(H,24,32)(H,25,30)(H,26,31);2-5H,1H3;7H,2-6H2,1H3/b8-6-,15-7+;;/t16-,17+;;/m1../s1. The van der Waals surface area contributed by atoms with Crippen LogP contribution in [0.5, 0.6) is 0 Å². The normalized spacial score (nSPS) is 14.0. The summed E-state index contributed by atoms with van der Waals surface area (Å²) < 4.78 is 0. The van der Waals surface area contributed by atoms with Crippen molar-refractivity contribution < 1.29 is 28.8 Å². The van der Waals surface area contributed by atoms with Gasteiger partial charge in [-0.05, 0) is 52.4 Å². The van der Waals surface area contributed by atoms with E-state index in [-0.39, 0.29) is 27.7 Å².